The molecule has 1 heterocycles. The van der Waals surface area contributed by atoms with E-state index in [-0.39, 0.29) is 5.56 Å². The van der Waals surface area contributed by atoms with Gasteiger partial charge in [-0.1, -0.05) is 0 Å². The number of esters is 1. The van der Waals surface area contributed by atoms with Crippen molar-refractivity contribution in [2.75, 3.05) is 7.11 Å². The predicted octanol–water partition coefficient (Wildman–Crippen LogP) is 2.02. The summed E-state index contributed by atoms with van der Waals surface area (Å²) >= 11 is 0. The Morgan fingerprint density at radius 1 is 1.59 bits per heavy atom. The van der Waals surface area contributed by atoms with E-state index in [2.05, 4.69) is 9.72 Å². The largest absolute Gasteiger partial charge is 0.465 e. The van der Waals surface area contributed by atoms with E-state index in [9.17, 15) is 23.7 Å². The summed E-state index contributed by atoms with van der Waals surface area (Å²) in [6, 6.07) is 0. The number of nitro groups is 1. The molecule has 0 atom stereocenters. The molecule has 8 heteroatoms. The van der Waals surface area contributed by atoms with Crippen molar-refractivity contribution in [3.8, 4) is 0 Å². The third-order valence-corrected chi connectivity index (χ3v) is 2.13. The monoisotopic (exact) mass is 246 g/mol. The van der Waals surface area contributed by atoms with Gasteiger partial charge in [-0.05, 0) is 12.5 Å². The fraction of sp³-hybridized carbons (Fsp3) is 0.333. The van der Waals surface area contributed by atoms with Crippen LogP contribution in [0.2, 0.25) is 0 Å². The number of hydrogen-bond donors (Lipinski definition) is 0. The van der Waals surface area contributed by atoms with Crippen LogP contribution in [0.5, 0.6) is 0 Å². The molecule has 1 aromatic heterocycles. The summed E-state index contributed by atoms with van der Waals surface area (Å²) in [4.78, 5) is 24.4. The van der Waals surface area contributed by atoms with E-state index in [4.69, 9.17) is 0 Å². The molecule has 92 valence electrons. The van der Waals surface area contributed by atoms with Gasteiger partial charge in [-0.3, -0.25) is 10.1 Å². The van der Waals surface area contributed by atoms with Crippen LogP contribution in [0.15, 0.2) is 6.20 Å². The van der Waals surface area contributed by atoms with Crippen molar-refractivity contribution in [2.24, 2.45) is 0 Å². The van der Waals surface area contributed by atoms with Gasteiger partial charge in [0.05, 0.1) is 12.0 Å². The molecule has 0 aliphatic rings. The van der Waals surface area contributed by atoms with Crippen LogP contribution in [-0.4, -0.2) is 23.0 Å². The number of hydrogen-bond acceptors (Lipinski definition) is 5. The van der Waals surface area contributed by atoms with Crippen molar-refractivity contribution in [2.45, 2.75) is 13.3 Å². The Hall–Kier alpha value is -2.12. The standard InChI is InChI=1S/C9H8F2N2O4/c1-4-6(9(14)17-2)5(13(15)16)3-12-7(4)8(10)11/h3,8H,1-2H3. The van der Waals surface area contributed by atoms with Crippen molar-refractivity contribution in [3.63, 3.8) is 0 Å². The Morgan fingerprint density at radius 3 is 2.59 bits per heavy atom. The third kappa shape index (κ3) is 2.35. The molecule has 0 spiro atoms. The number of carbonyl (C=O) groups excluding carboxylic acids is 1. The van der Waals surface area contributed by atoms with Crippen LogP contribution in [-0.2, 0) is 4.74 Å². The number of alkyl halides is 2. The number of carbonyl (C=O) groups is 1. The Bertz CT molecular complexity index is 476. The molecule has 1 aromatic rings. The van der Waals surface area contributed by atoms with Gasteiger partial charge in [0.25, 0.3) is 6.43 Å². The van der Waals surface area contributed by atoms with E-state index in [1.165, 1.54) is 0 Å². The van der Waals surface area contributed by atoms with Gasteiger partial charge in [-0.15, -0.1) is 0 Å². The van der Waals surface area contributed by atoms with Crippen LogP contribution in [0.3, 0.4) is 0 Å². The summed E-state index contributed by atoms with van der Waals surface area (Å²) in [5.41, 5.74) is -2.07. The lowest BCUT2D eigenvalue weighted by atomic mass is 10.1. The van der Waals surface area contributed by atoms with E-state index in [0.717, 1.165) is 14.0 Å². The summed E-state index contributed by atoms with van der Waals surface area (Å²) in [5, 5.41) is 10.6. The van der Waals surface area contributed by atoms with Gasteiger partial charge in [-0.25, -0.2) is 18.6 Å². The number of halogens is 2. The molecule has 0 aliphatic carbocycles. The minimum atomic E-state index is -2.92. The van der Waals surface area contributed by atoms with E-state index >= 15 is 0 Å². The lowest BCUT2D eigenvalue weighted by Crippen LogP contribution is -2.11. The Labute approximate surface area is 94.4 Å². The van der Waals surface area contributed by atoms with Gasteiger partial charge in [0.2, 0.25) is 0 Å². The van der Waals surface area contributed by atoms with Gasteiger partial charge in [0.1, 0.15) is 17.5 Å². The van der Waals surface area contributed by atoms with Gasteiger partial charge >= 0.3 is 11.7 Å². The second-order valence-electron chi connectivity index (χ2n) is 3.08. The lowest BCUT2D eigenvalue weighted by molar-refractivity contribution is -0.385. The molecule has 0 unspecified atom stereocenters. The average molecular weight is 246 g/mol. The highest BCUT2D eigenvalue weighted by Crippen LogP contribution is 2.28. The number of methoxy groups -OCH3 is 1. The molecule has 6 nitrogen and oxygen atoms in total. The highest BCUT2D eigenvalue weighted by Gasteiger charge is 2.28. The van der Waals surface area contributed by atoms with Gasteiger partial charge in [0, 0.05) is 0 Å². The maximum Gasteiger partial charge on any atom is 0.345 e. The molecule has 1 rings (SSSR count). The molecule has 0 fully saturated rings. The molecule has 0 aromatic carbocycles. The first kappa shape index (κ1) is 12.9. The molecule has 0 amide bonds. The van der Waals surface area contributed by atoms with Crippen LogP contribution in [0.4, 0.5) is 14.5 Å². The Balaban J connectivity index is 3.53. The molecule has 0 radical (unpaired) electrons. The summed E-state index contributed by atoms with van der Waals surface area (Å²) in [5.74, 6) is -1.04. The van der Waals surface area contributed by atoms with Gasteiger partial charge in [0.15, 0.2) is 0 Å². The van der Waals surface area contributed by atoms with E-state index < -0.39 is 34.3 Å². The van der Waals surface area contributed by atoms with Crippen molar-refractivity contribution in [1.82, 2.24) is 4.98 Å². The highest BCUT2D eigenvalue weighted by atomic mass is 19.3. The minimum Gasteiger partial charge on any atom is -0.465 e. The Morgan fingerprint density at radius 2 is 2.18 bits per heavy atom. The van der Waals surface area contributed by atoms with Crippen LogP contribution < -0.4 is 0 Å². The highest BCUT2D eigenvalue weighted by molar-refractivity contribution is 5.95. The zero-order valence-electron chi connectivity index (χ0n) is 8.94. The molecule has 0 bridgehead atoms. The Kier molecular flexibility index (Phi) is 3.66. The van der Waals surface area contributed by atoms with E-state index in [1.807, 2.05) is 0 Å². The number of pyridine rings is 1. The predicted molar refractivity (Wildman–Crippen MR) is 51.9 cm³/mol. The number of nitrogens with zero attached hydrogens (tertiary/aromatic N) is 2. The molecule has 0 aliphatic heterocycles. The van der Waals surface area contributed by atoms with E-state index in [1.54, 1.807) is 0 Å². The van der Waals surface area contributed by atoms with Crippen molar-refractivity contribution < 1.29 is 23.2 Å². The van der Waals surface area contributed by atoms with Crippen LogP contribution in [0, 0.1) is 17.0 Å². The molecular weight excluding hydrogens is 238 g/mol. The second-order valence-corrected chi connectivity index (χ2v) is 3.08. The minimum absolute atomic E-state index is 0.249. The smallest absolute Gasteiger partial charge is 0.345 e. The number of ether oxygens (including phenoxy) is 1. The normalized spacial score (nSPS) is 10.4. The molecule has 0 saturated heterocycles. The first-order valence-corrected chi connectivity index (χ1v) is 4.40. The fourth-order valence-corrected chi connectivity index (χ4v) is 1.33. The molecule has 17 heavy (non-hydrogen) atoms. The fourth-order valence-electron chi connectivity index (χ4n) is 1.33. The summed E-state index contributed by atoms with van der Waals surface area (Å²) in [6.07, 6.45) is -2.29. The quantitative estimate of drug-likeness (QED) is 0.463. The van der Waals surface area contributed by atoms with Crippen molar-refractivity contribution >= 4 is 11.7 Å². The zero-order valence-corrected chi connectivity index (χ0v) is 8.94. The summed E-state index contributed by atoms with van der Waals surface area (Å²) < 4.78 is 29.4. The van der Waals surface area contributed by atoms with Crippen molar-refractivity contribution in [3.05, 3.63) is 33.1 Å². The number of rotatable bonds is 3. The van der Waals surface area contributed by atoms with Crippen LogP contribution >= 0.6 is 0 Å². The van der Waals surface area contributed by atoms with Crippen molar-refractivity contribution in [1.29, 1.82) is 0 Å². The van der Waals surface area contributed by atoms with E-state index in [0.29, 0.717) is 6.20 Å². The van der Waals surface area contributed by atoms with Crippen LogP contribution in [0.25, 0.3) is 0 Å². The van der Waals surface area contributed by atoms with Gasteiger partial charge < -0.3 is 4.74 Å². The summed E-state index contributed by atoms with van der Waals surface area (Å²) in [7, 11) is 1.01. The average Bonchev–Trinajstić information content (AvgIpc) is 2.26. The van der Waals surface area contributed by atoms with Crippen LogP contribution in [0.1, 0.15) is 28.0 Å². The molecular formula is C9H8F2N2O4. The molecule has 0 N–H and O–H groups in total. The lowest BCUT2D eigenvalue weighted by Gasteiger charge is -2.08. The maximum atomic E-state index is 12.5. The van der Waals surface area contributed by atoms with Gasteiger partial charge in [-0.2, -0.15) is 0 Å². The molecule has 0 saturated carbocycles. The third-order valence-electron chi connectivity index (χ3n) is 2.13. The first-order chi connectivity index (χ1) is 7.90. The second kappa shape index (κ2) is 4.81. The topological polar surface area (TPSA) is 82.3 Å². The SMILES string of the molecule is COC(=O)c1c([N+](=O)[O-])cnc(C(F)F)c1C. The number of aromatic nitrogens is 1. The zero-order chi connectivity index (χ0) is 13.2. The maximum absolute atomic E-state index is 12.5. The first-order valence-electron chi connectivity index (χ1n) is 4.40. The summed E-state index contributed by atoms with van der Waals surface area (Å²) in [6.45, 7) is 1.16.